The van der Waals surface area contributed by atoms with E-state index in [9.17, 15) is 18.0 Å². The van der Waals surface area contributed by atoms with Crippen LogP contribution in [0, 0.1) is 0 Å². The number of alkyl halides is 3. The molecule has 2 aromatic heterocycles. The number of ether oxygens (including phenoxy) is 1. The molecule has 0 spiro atoms. The van der Waals surface area contributed by atoms with Crippen LogP contribution in [-0.4, -0.2) is 38.1 Å². The quantitative estimate of drug-likeness (QED) is 0.166. The van der Waals surface area contributed by atoms with Gasteiger partial charge in [-0.05, 0) is 53.9 Å². The SMILES string of the molecule is CC(C)c1ccccc1NC(=O)NSN=Cc1cnc2c(ccc3c2ncn3-c2ccc(OC(F)(F)F)cc2)n1. The Bertz CT molecular complexity index is 1700. The zero-order valence-corrected chi connectivity index (χ0v) is 22.0. The molecule has 0 aliphatic rings. The molecule has 0 aliphatic heterocycles. The molecule has 204 valence electrons. The lowest BCUT2D eigenvalue weighted by Crippen LogP contribution is -2.23. The Hall–Kier alpha value is -4.65. The van der Waals surface area contributed by atoms with Crippen molar-refractivity contribution < 1.29 is 22.7 Å². The van der Waals surface area contributed by atoms with Crippen LogP contribution in [0.15, 0.2) is 77.6 Å². The maximum atomic E-state index is 12.4. The van der Waals surface area contributed by atoms with Gasteiger partial charge in [0.05, 0.1) is 35.6 Å². The molecule has 0 bridgehead atoms. The van der Waals surface area contributed by atoms with Crippen molar-refractivity contribution >= 4 is 52.1 Å². The number of benzene rings is 3. The first-order valence-corrected chi connectivity index (χ1v) is 12.8. The number of amides is 2. The molecule has 13 heteroatoms. The van der Waals surface area contributed by atoms with Crippen molar-refractivity contribution in [1.29, 1.82) is 0 Å². The highest BCUT2D eigenvalue weighted by Gasteiger charge is 2.31. The van der Waals surface area contributed by atoms with Crippen LogP contribution in [0.25, 0.3) is 27.8 Å². The smallest absolute Gasteiger partial charge is 0.406 e. The van der Waals surface area contributed by atoms with E-state index in [-0.39, 0.29) is 11.7 Å². The summed E-state index contributed by atoms with van der Waals surface area (Å²) in [7, 11) is 0. The van der Waals surface area contributed by atoms with Crippen molar-refractivity contribution in [3.8, 4) is 11.4 Å². The van der Waals surface area contributed by atoms with Crippen LogP contribution in [0.3, 0.4) is 0 Å². The van der Waals surface area contributed by atoms with E-state index in [1.54, 1.807) is 23.0 Å². The Morgan fingerprint density at radius 3 is 2.58 bits per heavy atom. The molecule has 0 aliphatic carbocycles. The third kappa shape index (κ3) is 6.15. The number of nitrogens with one attached hydrogen (secondary N) is 2. The number of carbonyl (C=O) groups excluding carboxylic acids is 1. The maximum absolute atomic E-state index is 12.4. The van der Waals surface area contributed by atoms with E-state index in [2.05, 4.69) is 48.0 Å². The summed E-state index contributed by atoms with van der Waals surface area (Å²) in [6.07, 6.45) is -0.179. The fourth-order valence-electron chi connectivity index (χ4n) is 4.06. The van der Waals surface area contributed by atoms with Crippen molar-refractivity contribution in [2.45, 2.75) is 26.1 Å². The summed E-state index contributed by atoms with van der Waals surface area (Å²) in [5, 5.41) is 2.82. The van der Waals surface area contributed by atoms with E-state index in [1.807, 2.05) is 24.3 Å². The molecule has 3 aromatic carbocycles. The van der Waals surface area contributed by atoms with Gasteiger partial charge in [-0.25, -0.2) is 24.1 Å². The molecule has 0 unspecified atom stereocenters. The molecule has 2 amide bonds. The van der Waals surface area contributed by atoms with Crippen molar-refractivity contribution in [2.24, 2.45) is 4.40 Å². The Morgan fingerprint density at radius 1 is 1.05 bits per heavy atom. The molecule has 0 saturated heterocycles. The van der Waals surface area contributed by atoms with Gasteiger partial charge in [-0.2, -0.15) is 0 Å². The molecule has 0 saturated carbocycles. The minimum atomic E-state index is -4.76. The molecule has 0 radical (unpaired) electrons. The first-order valence-electron chi connectivity index (χ1n) is 12.0. The number of hydrogen-bond donors (Lipinski definition) is 2. The first-order chi connectivity index (χ1) is 19.2. The Balaban J connectivity index is 1.26. The van der Waals surface area contributed by atoms with Crippen molar-refractivity contribution in [3.63, 3.8) is 0 Å². The fraction of sp³-hybridized carbons (Fsp3) is 0.148. The average molecular weight is 566 g/mol. The lowest BCUT2D eigenvalue weighted by molar-refractivity contribution is -0.274. The summed E-state index contributed by atoms with van der Waals surface area (Å²) in [5.74, 6) is -0.0476. The second-order valence-corrected chi connectivity index (χ2v) is 9.47. The number of para-hydroxylation sites is 1. The zero-order chi connectivity index (χ0) is 28.3. The standard InChI is InChI=1S/C27H22F3N7O2S/c1-16(2)20-5-3-4-6-21(20)35-26(38)36-40-33-14-17-13-31-24-22(34-17)11-12-23-25(24)32-15-37(23)18-7-9-19(10-8-18)39-27(28,29)30/h3-16H,1-2H3,(H2,35,36,38). The third-order valence-corrected chi connectivity index (χ3v) is 6.29. The number of halogens is 3. The van der Waals surface area contributed by atoms with Gasteiger partial charge < -0.3 is 10.1 Å². The second kappa shape index (κ2) is 11.2. The number of rotatable bonds is 7. The van der Waals surface area contributed by atoms with E-state index < -0.39 is 12.4 Å². The first kappa shape index (κ1) is 26.9. The summed E-state index contributed by atoms with van der Waals surface area (Å²) in [6.45, 7) is 4.11. The van der Waals surface area contributed by atoms with Gasteiger partial charge in [0, 0.05) is 11.4 Å². The van der Waals surface area contributed by atoms with Gasteiger partial charge in [-0.3, -0.25) is 9.29 Å². The second-order valence-electron chi connectivity index (χ2n) is 8.88. The van der Waals surface area contributed by atoms with Gasteiger partial charge in [-0.1, -0.05) is 32.0 Å². The number of imidazole rings is 1. The summed E-state index contributed by atoms with van der Waals surface area (Å²) in [4.78, 5) is 25.7. The van der Waals surface area contributed by atoms with Gasteiger partial charge in [0.25, 0.3) is 0 Å². The summed E-state index contributed by atoms with van der Waals surface area (Å²) in [5.41, 5.74) is 5.28. The lowest BCUT2D eigenvalue weighted by Gasteiger charge is -2.13. The normalized spacial score (nSPS) is 11.9. The third-order valence-electron chi connectivity index (χ3n) is 5.80. The van der Waals surface area contributed by atoms with Crippen LogP contribution in [0.2, 0.25) is 0 Å². The van der Waals surface area contributed by atoms with E-state index in [0.717, 1.165) is 23.4 Å². The highest BCUT2D eigenvalue weighted by atomic mass is 32.2. The fourth-order valence-corrected chi connectivity index (χ4v) is 4.41. The van der Waals surface area contributed by atoms with Gasteiger partial charge in [0.15, 0.2) is 0 Å². The number of carbonyl (C=O) groups is 1. The molecule has 0 fully saturated rings. The highest BCUT2D eigenvalue weighted by molar-refractivity contribution is 7.96. The van der Waals surface area contributed by atoms with Crippen LogP contribution < -0.4 is 14.8 Å². The molecule has 5 aromatic rings. The number of fused-ring (bicyclic) bond motifs is 3. The van der Waals surface area contributed by atoms with Crippen LogP contribution >= 0.6 is 12.1 Å². The molecule has 40 heavy (non-hydrogen) atoms. The lowest BCUT2D eigenvalue weighted by atomic mass is 10.0. The molecule has 2 heterocycles. The van der Waals surface area contributed by atoms with Gasteiger partial charge in [-0.15, -0.1) is 13.2 Å². The zero-order valence-electron chi connectivity index (χ0n) is 21.2. The molecule has 0 atom stereocenters. The van der Waals surface area contributed by atoms with Crippen LogP contribution in [-0.2, 0) is 0 Å². The number of anilines is 1. The number of nitrogens with zero attached hydrogens (tertiary/aromatic N) is 5. The number of aromatic nitrogens is 4. The maximum Gasteiger partial charge on any atom is 0.573 e. The number of hydrogen-bond acceptors (Lipinski definition) is 7. The van der Waals surface area contributed by atoms with E-state index >= 15 is 0 Å². The highest BCUT2D eigenvalue weighted by Crippen LogP contribution is 2.27. The summed E-state index contributed by atoms with van der Waals surface area (Å²) < 4.78 is 49.8. The van der Waals surface area contributed by atoms with Crippen LogP contribution in [0.4, 0.5) is 23.7 Å². The van der Waals surface area contributed by atoms with E-state index in [0.29, 0.717) is 33.4 Å². The predicted molar refractivity (Wildman–Crippen MR) is 149 cm³/mol. The molecular weight excluding hydrogens is 543 g/mol. The molecule has 5 rings (SSSR count). The average Bonchev–Trinajstić information content (AvgIpc) is 3.35. The monoisotopic (exact) mass is 565 g/mol. The van der Waals surface area contributed by atoms with Crippen molar-refractivity contribution in [3.05, 3.63) is 84.4 Å². The largest absolute Gasteiger partial charge is 0.573 e. The number of urea groups is 1. The summed E-state index contributed by atoms with van der Waals surface area (Å²) in [6, 6.07) is 16.3. The van der Waals surface area contributed by atoms with Gasteiger partial charge >= 0.3 is 12.4 Å². The van der Waals surface area contributed by atoms with Crippen LogP contribution in [0.5, 0.6) is 5.75 Å². The molecule has 2 N–H and O–H groups in total. The van der Waals surface area contributed by atoms with Crippen LogP contribution in [0.1, 0.15) is 31.0 Å². The predicted octanol–water partition coefficient (Wildman–Crippen LogP) is 6.79. The molecule has 9 nitrogen and oxygen atoms in total. The van der Waals surface area contributed by atoms with Gasteiger partial charge in [0.2, 0.25) is 0 Å². The molecular formula is C27H22F3N7O2S. The summed E-state index contributed by atoms with van der Waals surface area (Å²) >= 11 is 0.855. The van der Waals surface area contributed by atoms with E-state index in [4.69, 9.17) is 0 Å². The van der Waals surface area contributed by atoms with Crippen molar-refractivity contribution in [2.75, 3.05) is 5.32 Å². The Morgan fingerprint density at radius 2 is 1.82 bits per heavy atom. The minimum absolute atomic E-state index is 0.261. The Labute approximate surface area is 230 Å². The van der Waals surface area contributed by atoms with Crippen molar-refractivity contribution in [1.82, 2.24) is 24.2 Å². The topological polar surface area (TPSA) is 106 Å². The van der Waals surface area contributed by atoms with E-state index in [1.165, 1.54) is 36.7 Å². The minimum Gasteiger partial charge on any atom is -0.406 e. The Kier molecular flexibility index (Phi) is 7.56. The van der Waals surface area contributed by atoms with Gasteiger partial charge in [0.1, 0.15) is 28.8 Å².